The monoisotopic (exact) mass is 449 g/mol. The average molecular weight is 450 g/mol. The lowest BCUT2D eigenvalue weighted by Crippen LogP contribution is -2.56. The fourth-order valence-corrected chi connectivity index (χ4v) is 7.36. The topological polar surface area (TPSA) is 84.7 Å². The number of nitrogens with zero attached hydrogens (tertiary/aromatic N) is 3. The Kier molecular flexibility index (Phi) is 5.05. The van der Waals surface area contributed by atoms with Crippen molar-refractivity contribution in [1.82, 2.24) is 14.7 Å². The largest absolute Gasteiger partial charge is 0.459 e. The molecule has 174 valence electrons. The Labute approximate surface area is 193 Å². The summed E-state index contributed by atoms with van der Waals surface area (Å²) in [7, 11) is 0. The molecular formula is C26H31N3O4. The first-order chi connectivity index (χ1) is 16.0. The third kappa shape index (κ3) is 3.76. The molecule has 4 saturated carbocycles. The van der Waals surface area contributed by atoms with Gasteiger partial charge in [-0.3, -0.25) is 4.79 Å². The number of benzene rings is 1. The Morgan fingerprint density at radius 1 is 1.03 bits per heavy atom. The molecule has 4 bridgehead atoms. The highest BCUT2D eigenvalue weighted by molar-refractivity contribution is 5.89. The lowest BCUT2D eigenvalue weighted by molar-refractivity contribution is -0.166. The van der Waals surface area contributed by atoms with Gasteiger partial charge in [-0.25, -0.2) is 9.48 Å². The maximum Gasteiger partial charge on any atom is 0.329 e. The van der Waals surface area contributed by atoms with Crippen LogP contribution in [0.15, 0.2) is 42.7 Å². The number of carbonyl (C=O) groups excluding carboxylic acids is 2. The van der Waals surface area contributed by atoms with E-state index in [1.807, 2.05) is 36.5 Å². The number of aromatic nitrogens is 2. The Balaban J connectivity index is 1.12. The molecule has 0 spiro atoms. The molecule has 5 fully saturated rings. The Morgan fingerprint density at radius 3 is 2.30 bits per heavy atom. The number of ether oxygens (including phenoxy) is 1. The zero-order chi connectivity index (χ0) is 22.6. The van der Waals surface area contributed by atoms with Crippen LogP contribution in [-0.4, -0.2) is 50.4 Å². The van der Waals surface area contributed by atoms with Crippen molar-refractivity contribution in [2.24, 2.45) is 23.2 Å². The summed E-state index contributed by atoms with van der Waals surface area (Å²) in [6.07, 6.45) is 9.83. The molecule has 2 atom stereocenters. The van der Waals surface area contributed by atoms with Crippen molar-refractivity contribution in [2.75, 3.05) is 6.54 Å². The SMILES string of the molecule is O=C(OCc1ccc(-n2cccn2)cc1)[C@@H]1CC(O)CN1C(=O)C12CC3CC(CC(C3)C1)C2. The zero-order valence-corrected chi connectivity index (χ0v) is 18.8. The van der Waals surface area contributed by atoms with Crippen LogP contribution in [0.1, 0.15) is 50.5 Å². The summed E-state index contributed by atoms with van der Waals surface area (Å²) in [6.45, 7) is 0.378. The zero-order valence-electron chi connectivity index (χ0n) is 18.8. The molecule has 1 aromatic carbocycles. The molecule has 2 aromatic rings. The van der Waals surface area contributed by atoms with Crippen LogP contribution < -0.4 is 0 Å². The highest BCUT2D eigenvalue weighted by Gasteiger charge is 2.57. The van der Waals surface area contributed by atoms with E-state index in [1.54, 1.807) is 15.8 Å². The summed E-state index contributed by atoms with van der Waals surface area (Å²) in [4.78, 5) is 28.5. The lowest BCUT2D eigenvalue weighted by atomic mass is 9.49. The number of amides is 1. The predicted octanol–water partition coefficient (Wildman–Crippen LogP) is 3.09. The second kappa shape index (κ2) is 7.97. The Bertz CT molecular complexity index is 997. The number of carbonyl (C=O) groups is 2. The van der Waals surface area contributed by atoms with Crippen molar-refractivity contribution in [2.45, 2.75) is 63.7 Å². The molecule has 5 aliphatic rings. The van der Waals surface area contributed by atoms with Gasteiger partial charge in [0, 0.05) is 25.4 Å². The van der Waals surface area contributed by atoms with Crippen LogP contribution in [0.2, 0.25) is 0 Å². The molecule has 7 nitrogen and oxygen atoms in total. The van der Waals surface area contributed by atoms with Gasteiger partial charge in [0.2, 0.25) is 5.91 Å². The van der Waals surface area contributed by atoms with Gasteiger partial charge in [0.1, 0.15) is 12.6 Å². The maximum absolute atomic E-state index is 13.8. The number of hydrogen-bond donors (Lipinski definition) is 1. The van der Waals surface area contributed by atoms with Crippen LogP contribution in [-0.2, 0) is 20.9 Å². The van der Waals surface area contributed by atoms with Gasteiger partial charge in [-0.15, -0.1) is 0 Å². The first kappa shape index (κ1) is 20.9. The van der Waals surface area contributed by atoms with Crippen LogP contribution in [0.5, 0.6) is 0 Å². The first-order valence-electron chi connectivity index (χ1n) is 12.2. The minimum absolute atomic E-state index is 0.0867. The van der Waals surface area contributed by atoms with Gasteiger partial charge in [0.05, 0.1) is 17.2 Å². The summed E-state index contributed by atoms with van der Waals surface area (Å²) < 4.78 is 7.39. The number of aliphatic hydroxyl groups excluding tert-OH is 1. The van der Waals surface area contributed by atoms with E-state index in [2.05, 4.69) is 5.10 Å². The van der Waals surface area contributed by atoms with Gasteiger partial charge in [-0.2, -0.15) is 5.10 Å². The van der Waals surface area contributed by atoms with E-state index in [0.717, 1.165) is 30.5 Å². The van der Waals surface area contributed by atoms with E-state index in [-0.39, 0.29) is 30.9 Å². The van der Waals surface area contributed by atoms with Crippen molar-refractivity contribution in [3.05, 3.63) is 48.3 Å². The van der Waals surface area contributed by atoms with E-state index in [1.165, 1.54) is 19.3 Å². The first-order valence-corrected chi connectivity index (χ1v) is 12.2. The molecule has 1 saturated heterocycles. The van der Waals surface area contributed by atoms with E-state index in [4.69, 9.17) is 4.74 Å². The lowest BCUT2D eigenvalue weighted by Gasteiger charge is -2.56. The maximum atomic E-state index is 13.8. The molecular weight excluding hydrogens is 418 g/mol. The number of hydrogen-bond acceptors (Lipinski definition) is 5. The van der Waals surface area contributed by atoms with Crippen molar-refractivity contribution >= 4 is 11.9 Å². The van der Waals surface area contributed by atoms with Gasteiger partial charge in [0.25, 0.3) is 0 Å². The van der Waals surface area contributed by atoms with Gasteiger partial charge >= 0.3 is 5.97 Å². The molecule has 2 heterocycles. The van der Waals surface area contributed by atoms with Gasteiger partial charge in [-0.1, -0.05) is 12.1 Å². The number of likely N-dealkylation sites (tertiary alicyclic amines) is 1. The molecule has 33 heavy (non-hydrogen) atoms. The average Bonchev–Trinajstić information content (AvgIpc) is 3.46. The Morgan fingerprint density at radius 2 is 1.70 bits per heavy atom. The van der Waals surface area contributed by atoms with Gasteiger partial charge in [0.15, 0.2) is 0 Å². The van der Waals surface area contributed by atoms with Crippen molar-refractivity contribution in [3.63, 3.8) is 0 Å². The van der Waals surface area contributed by atoms with E-state index in [0.29, 0.717) is 17.8 Å². The minimum Gasteiger partial charge on any atom is -0.459 e. The van der Waals surface area contributed by atoms with Crippen LogP contribution in [0.3, 0.4) is 0 Å². The summed E-state index contributed by atoms with van der Waals surface area (Å²) in [5.74, 6) is 1.64. The van der Waals surface area contributed by atoms with E-state index in [9.17, 15) is 14.7 Å². The van der Waals surface area contributed by atoms with Crippen LogP contribution in [0.4, 0.5) is 0 Å². The summed E-state index contributed by atoms with van der Waals surface area (Å²) in [5, 5.41) is 14.6. The molecule has 1 N–H and O–H groups in total. The standard InChI is InChI=1S/C26H31N3O4/c30-22-11-23(24(31)33-16-17-2-4-21(5-3-17)29-7-1-6-27-29)28(15-22)25(32)26-12-18-8-19(13-26)10-20(9-18)14-26/h1-7,18-20,22-23,30H,8-16H2/t18?,19?,20?,22?,23-,26?/m0/s1. The Hall–Kier alpha value is -2.67. The molecule has 1 aliphatic heterocycles. The van der Waals surface area contributed by atoms with Crippen LogP contribution >= 0.6 is 0 Å². The molecule has 1 aromatic heterocycles. The normalized spacial score (nSPS) is 34.6. The number of esters is 1. The van der Waals surface area contributed by atoms with Crippen molar-refractivity contribution < 1.29 is 19.4 Å². The quantitative estimate of drug-likeness (QED) is 0.709. The van der Waals surface area contributed by atoms with E-state index >= 15 is 0 Å². The summed E-state index contributed by atoms with van der Waals surface area (Å²) in [6, 6.07) is 8.85. The molecule has 0 radical (unpaired) electrons. The highest BCUT2D eigenvalue weighted by atomic mass is 16.5. The number of rotatable bonds is 5. The second-order valence-electron chi connectivity index (χ2n) is 10.8. The highest BCUT2D eigenvalue weighted by Crippen LogP contribution is 2.60. The van der Waals surface area contributed by atoms with Gasteiger partial charge < -0.3 is 14.7 Å². The molecule has 1 unspecified atom stereocenters. The minimum atomic E-state index is -0.691. The van der Waals surface area contributed by atoms with Crippen LogP contribution in [0, 0.1) is 23.2 Å². The number of aliphatic hydroxyl groups is 1. The third-order valence-electron chi connectivity index (χ3n) is 8.39. The van der Waals surface area contributed by atoms with Crippen molar-refractivity contribution in [3.8, 4) is 5.69 Å². The fourth-order valence-electron chi connectivity index (χ4n) is 7.36. The molecule has 4 aliphatic carbocycles. The smallest absolute Gasteiger partial charge is 0.329 e. The van der Waals surface area contributed by atoms with Crippen molar-refractivity contribution in [1.29, 1.82) is 0 Å². The van der Waals surface area contributed by atoms with Gasteiger partial charge in [-0.05, 0) is 80.0 Å². The molecule has 7 heteroatoms. The summed E-state index contributed by atoms with van der Waals surface area (Å²) >= 11 is 0. The van der Waals surface area contributed by atoms with Crippen LogP contribution in [0.25, 0.3) is 5.69 Å². The summed E-state index contributed by atoms with van der Waals surface area (Å²) in [5.41, 5.74) is 1.48. The van der Waals surface area contributed by atoms with E-state index < -0.39 is 18.1 Å². The molecule has 1 amide bonds. The molecule has 7 rings (SSSR count). The fraction of sp³-hybridized carbons (Fsp3) is 0.577. The predicted molar refractivity (Wildman–Crippen MR) is 120 cm³/mol. The third-order valence-corrected chi connectivity index (χ3v) is 8.39. The second-order valence-corrected chi connectivity index (χ2v) is 10.8. The number of β-amino-alcohol motifs (C(OH)–C–C–N with tert-alkyl or cyclic N) is 1.